The number of likely N-dealkylation sites (tertiary alicyclic amines) is 1. The normalized spacial score (nSPS) is 14.7. The average Bonchev–Trinajstić information content (AvgIpc) is 3.14. The second-order valence-corrected chi connectivity index (χ2v) is 8.63. The number of hydrogen-bond acceptors (Lipinski definition) is 4. The van der Waals surface area contributed by atoms with Crippen LogP contribution < -0.4 is 4.74 Å². The molecule has 2 heterocycles. The van der Waals surface area contributed by atoms with Crippen LogP contribution in [0, 0.1) is 12.8 Å². The molecule has 0 saturated carbocycles. The second kappa shape index (κ2) is 9.23. The van der Waals surface area contributed by atoms with Gasteiger partial charge in [-0.15, -0.1) is 11.3 Å². The standard InChI is InChI=1S/C24H26N2O2S/c1-18-23(29-22(25-18)17-28-21-10-6-3-7-11-21)24(27)26-14-12-20(13-15-26)16-19-8-4-2-5-9-19/h2-11,20H,12-17H2,1H3. The summed E-state index contributed by atoms with van der Waals surface area (Å²) in [5.74, 6) is 1.58. The van der Waals surface area contributed by atoms with E-state index in [0.29, 0.717) is 12.5 Å². The zero-order valence-corrected chi connectivity index (χ0v) is 17.5. The van der Waals surface area contributed by atoms with Gasteiger partial charge in [0.2, 0.25) is 0 Å². The highest BCUT2D eigenvalue weighted by Crippen LogP contribution is 2.26. The van der Waals surface area contributed by atoms with E-state index in [-0.39, 0.29) is 5.91 Å². The first-order valence-corrected chi connectivity index (χ1v) is 11.0. The zero-order chi connectivity index (χ0) is 20.1. The molecule has 1 fully saturated rings. The molecular formula is C24H26N2O2S. The van der Waals surface area contributed by atoms with Gasteiger partial charge >= 0.3 is 0 Å². The van der Waals surface area contributed by atoms with Gasteiger partial charge in [0, 0.05) is 13.1 Å². The number of nitrogens with zero attached hydrogens (tertiary/aromatic N) is 2. The van der Waals surface area contributed by atoms with Crippen molar-refractivity contribution in [1.29, 1.82) is 0 Å². The summed E-state index contributed by atoms with van der Waals surface area (Å²) >= 11 is 1.46. The number of carbonyl (C=O) groups excluding carboxylic acids is 1. The van der Waals surface area contributed by atoms with E-state index < -0.39 is 0 Å². The van der Waals surface area contributed by atoms with Crippen LogP contribution in [0.3, 0.4) is 0 Å². The number of para-hydroxylation sites is 1. The summed E-state index contributed by atoms with van der Waals surface area (Å²) < 4.78 is 5.78. The Morgan fingerprint density at radius 3 is 2.41 bits per heavy atom. The molecule has 1 aliphatic heterocycles. The van der Waals surface area contributed by atoms with Crippen molar-refractivity contribution in [3.8, 4) is 5.75 Å². The number of hydrogen-bond donors (Lipinski definition) is 0. The quantitative estimate of drug-likeness (QED) is 0.570. The summed E-state index contributed by atoms with van der Waals surface area (Å²) in [6.45, 7) is 3.95. The van der Waals surface area contributed by atoms with E-state index in [4.69, 9.17) is 4.74 Å². The Hall–Kier alpha value is -2.66. The average molecular weight is 407 g/mol. The third-order valence-corrected chi connectivity index (χ3v) is 6.53. The lowest BCUT2D eigenvalue weighted by Crippen LogP contribution is -2.38. The number of piperidine rings is 1. The summed E-state index contributed by atoms with van der Waals surface area (Å²) in [5.41, 5.74) is 2.19. The van der Waals surface area contributed by atoms with Crippen LogP contribution >= 0.6 is 11.3 Å². The summed E-state index contributed by atoms with van der Waals surface area (Å²) in [7, 11) is 0. The molecule has 0 N–H and O–H groups in total. The number of aryl methyl sites for hydroxylation is 1. The fraction of sp³-hybridized carbons (Fsp3) is 0.333. The molecule has 0 aliphatic carbocycles. The fourth-order valence-corrected chi connectivity index (χ4v) is 4.75. The van der Waals surface area contributed by atoms with Crippen LogP contribution in [0.15, 0.2) is 60.7 Å². The Morgan fingerprint density at radius 2 is 1.72 bits per heavy atom. The second-order valence-electron chi connectivity index (χ2n) is 7.55. The first-order chi connectivity index (χ1) is 14.2. The van der Waals surface area contributed by atoms with Crippen LogP contribution in [0.4, 0.5) is 0 Å². The molecule has 0 spiro atoms. The van der Waals surface area contributed by atoms with E-state index in [2.05, 4.69) is 35.3 Å². The Kier molecular flexibility index (Phi) is 6.25. The molecule has 4 nitrogen and oxygen atoms in total. The maximum absolute atomic E-state index is 13.0. The smallest absolute Gasteiger partial charge is 0.265 e. The van der Waals surface area contributed by atoms with Crippen LogP contribution in [0.1, 0.15) is 38.8 Å². The molecule has 3 aromatic rings. The molecule has 0 bridgehead atoms. The van der Waals surface area contributed by atoms with Crippen LogP contribution in [-0.2, 0) is 13.0 Å². The summed E-state index contributed by atoms with van der Waals surface area (Å²) in [5, 5.41) is 0.841. The molecule has 1 aromatic heterocycles. The SMILES string of the molecule is Cc1nc(COc2ccccc2)sc1C(=O)N1CCC(Cc2ccccc2)CC1. The maximum atomic E-state index is 13.0. The van der Waals surface area contributed by atoms with Crippen molar-refractivity contribution in [2.45, 2.75) is 32.8 Å². The number of amides is 1. The highest BCUT2D eigenvalue weighted by Gasteiger charge is 2.26. The summed E-state index contributed by atoms with van der Waals surface area (Å²) in [4.78, 5) is 20.3. The van der Waals surface area contributed by atoms with E-state index >= 15 is 0 Å². The Balaban J connectivity index is 1.32. The molecule has 4 rings (SSSR count). The van der Waals surface area contributed by atoms with Gasteiger partial charge in [-0.2, -0.15) is 0 Å². The van der Waals surface area contributed by atoms with Gasteiger partial charge in [0.05, 0.1) is 5.69 Å². The summed E-state index contributed by atoms with van der Waals surface area (Å²) in [6, 6.07) is 20.3. The number of benzene rings is 2. The fourth-order valence-electron chi connectivity index (χ4n) is 3.81. The Labute approximate surface area is 176 Å². The third-order valence-electron chi connectivity index (χ3n) is 5.41. The number of ether oxygens (including phenoxy) is 1. The van der Waals surface area contributed by atoms with Crippen molar-refractivity contribution < 1.29 is 9.53 Å². The third kappa shape index (κ3) is 5.04. The van der Waals surface area contributed by atoms with Gasteiger partial charge in [0.25, 0.3) is 5.91 Å². The largest absolute Gasteiger partial charge is 0.486 e. The number of aromatic nitrogens is 1. The van der Waals surface area contributed by atoms with E-state index in [0.717, 1.165) is 53.7 Å². The Morgan fingerprint density at radius 1 is 1.07 bits per heavy atom. The molecule has 29 heavy (non-hydrogen) atoms. The van der Waals surface area contributed by atoms with Gasteiger partial charge in [-0.05, 0) is 49.8 Å². The van der Waals surface area contributed by atoms with Crippen molar-refractivity contribution in [2.75, 3.05) is 13.1 Å². The molecule has 150 valence electrons. The van der Waals surface area contributed by atoms with Gasteiger partial charge in [-0.25, -0.2) is 4.98 Å². The molecular weight excluding hydrogens is 380 g/mol. The van der Waals surface area contributed by atoms with Crippen LogP contribution in [-0.4, -0.2) is 28.9 Å². The highest BCUT2D eigenvalue weighted by molar-refractivity contribution is 7.13. The van der Waals surface area contributed by atoms with Crippen LogP contribution in [0.25, 0.3) is 0 Å². The van der Waals surface area contributed by atoms with Crippen molar-refractivity contribution in [3.05, 3.63) is 81.8 Å². The number of rotatable bonds is 6. The van der Waals surface area contributed by atoms with E-state index in [9.17, 15) is 4.79 Å². The van der Waals surface area contributed by atoms with Gasteiger partial charge in [0.15, 0.2) is 0 Å². The minimum atomic E-state index is 0.115. The summed E-state index contributed by atoms with van der Waals surface area (Å²) in [6.07, 6.45) is 3.22. The minimum Gasteiger partial charge on any atom is -0.486 e. The van der Waals surface area contributed by atoms with Crippen molar-refractivity contribution in [2.24, 2.45) is 5.92 Å². The van der Waals surface area contributed by atoms with Crippen molar-refractivity contribution in [1.82, 2.24) is 9.88 Å². The zero-order valence-electron chi connectivity index (χ0n) is 16.7. The minimum absolute atomic E-state index is 0.115. The van der Waals surface area contributed by atoms with E-state index in [1.54, 1.807) is 0 Å². The predicted molar refractivity (Wildman–Crippen MR) is 116 cm³/mol. The molecule has 5 heteroatoms. The lowest BCUT2D eigenvalue weighted by Gasteiger charge is -2.32. The van der Waals surface area contributed by atoms with Crippen LogP contribution in [0.2, 0.25) is 0 Å². The first-order valence-electron chi connectivity index (χ1n) is 10.2. The molecule has 0 unspecified atom stereocenters. The maximum Gasteiger partial charge on any atom is 0.265 e. The lowest BCUT2D eigenvalue weighted by molar-refractivity contribution is 0.0694. The molecule has 0 atom stereocenters. The predicted octanol–water partition coefficient (Wildman–Crippen LogP) is 5.13. The molecule has 0 radical (unpaired) electrons. The number of thiazole rings is 1. The molecule has 1 amide bonds. The van der Waals surface area contributed by atoms with Crippen molar-refractivity contribution in [3.63, 3.8) is 0 Å². The molecule has 1 aliphatic rings. The topological polar surface area (TPSA) is 42.4 Å². The van der Waals surface area contributed by atoms with Gasteiger partial charge in [-0.1, -0.05) is 48.5 Å². The monoisotopic (exact) mass is 406 g/mol. The van der Waals surface area contributed by atoms with Gasteiger partial charge in [-0.3, -0.25) is 4.79 Å². The number of carbonyl (C=O) groups is 1. The van der Waals surface area contributed by atoms with Gasteiger partial charge < -0.3 is 9.64 Å². The van der Waals surface area contributed by atoms with Crippen molar-refractivity contribution >= 4 is 17.2 Å². The molecule has 1 saturated heterocycles. The van der Waals surface area contributed by atoms with Gasteiger partial charge in [0.1, 0.15) is 22.2 Å². The highest BCUT2D eigenvalue weighted by atomic mass is 32.1. The Bertz CT molecular complexity index is 932. The van der Waals surface area contributed by atoms with E-state index in [1.807, 2.05) is 42.2 Å². The molecule has 2 aromatic carbocycles. The first kappa shape index (κ1) is 19.6. The lowest BCUT2D eigenvalue weighted by atomic mass is 9.90. The van der Waals surface area contributed by atoms with E-state index in [1.165, 1.54) is 16.9 Å². The van der Waals surface area contributed by atoms with Crippen LogP contribution in [0.5, 0.6) is 5.75 Å².